The van der Waals surface area contributed by atoms with Gasteiger partial charge in [-0.25, -0.2) is 0 Å². The topological polar surface area (TPSA) is 23.5 Å². The molecule has 16 heavy (non-hydrogen) atoms. The molecular formula is C14H21NO. The molecule has 88 valence electrons. The number of piperidine rings is 1. The van der Waals surface area contributed by atoms with Crippen LogP contribution in [0.15, 0.2) is 24.3 Å². The predicted octanol–water partition coefficient (Wildman–Crippen LogP) is 1.99. The van der Waals surface area contributed by atoms with Crippen molar-refractivity contribution in [2.24, 2.45) is 0 Å². The molecule has 2 rings (SSSR count). The first kappa shape index (κ1) is 11.6. The van der Waals surface area contributed by atoms with Crippen LogP contribution in [0.4, 0.5) is 0 Å². The van der Waals surface area contributed by atoms with Gasteiger partial charge in [-0.05, 0) is 32.4 Å². The standard InChI is InChI=1S/C14H21NO/c1-12-3-5-13(6-4-12)11-14(16)7-9-15(2)10-8-14/h3-6,16H,7-11H2,1-2H3. The Bertz CT molecular complexity index is 336. The molecule has 0 aromatic heterocycles. The molecule has 1 N–H and O–H groups in total. The summed E-state index contributed by atoms with van der Waals surface area (Å²) >= 11 is 0. The first-order chi connectivity index (χ1) is 7.57. The van der Waals surface area contributed by atoms with Crippen LogP contribution in [0.3, 0.4) is 0 Å². The van der Waals surface area contributed by atoms with E-state index in [1.807, 2.05) is 0 Å². The average Bonchev–Trinajstić information content (AvgIpc) is 2.27. The third-order valence-electron chi connectivity index (χ3n) is 3.57. The van der Waals surface area contributed by atoms with E-state index in [9.17, 15) is 5.11 Å². The van der Waals surface area contributed by atoms with Gasteiger partial charge >= 0.3 is 0 Å². The fourth-order valence-corrected chi connectivity index (χ4v) is 2.30. The maximum absolute atomic E-state index is 10.5. The number of nitrogens with zero attached hydrogens (tertiary/aromatic N) is 1. The van der Waals surface area contributed by atoms with Crippen LogP contribution in [0, 0.1) is 6.92 Å². The first-order valence-corrected chi connectivity index (χ1v) is 6.04. The van der Waals surface area contributed by atoms with Gasteiger partial charge in [-0.15, -0.1) is 0 Å². The Balaban J connectivity index is 2.00. The number of benzene rings is 1. The van der Waals surface area contributed by atoms with Crippen LogP contribution in [0.5, 0.6) is 0 Å². The maximum Gasteiger partial charge on any atom is 0.0712 e. The van der Waals surface area contributed by atoms with Gasteiger partial charge < -0.3 is 10.0 Å². The number of aryl methyl sites for hydroxylation is 1. The molecule has 0 atom stereocenters. The van der Waals surface area contributed by atoms with Crippen LogP contribution in [0.1, 0.15) is 24.0 Å². The quantitative estimate of drug-likeness (QED) is 0.822. The summed E-state index contributed by atoms with van der Waals surface area (Å²) in [5.41, 5.74) is 2.04. The van der Waals surface area contributed by atoms with E-state index in [0.717, 1.165) is 32.4 Å². The van der Waals surface area contributed by atoms with Crippen LogP contribution in [-0.2, 0) is 6.42 Å². The number of rotatable bonds is 2. The highest BCUT2D eigenvalue weighted by atomic mass is 16.3. The Kier molecular flexibility index (Phi) is 3.31. The summed E-state index contributed by atoms with van der Waals surface area (Å²) in [6, 6.07) is 8.50. The van der Waals surface area contributed by atoms with Crippen LogP contribution >= 0.6 is 0 Å². The fourth-order valence-electron chi connectivity index (χ4n) is 2.30. The van der Waals surface area contributed by atoms with Gasteiger partial charge in [0.15, 0.2) is 0 Å². The highest BCUT2D eigenvalue weighted by Crippen LogP contribution is 2.25. The molecule has 1 heterocycles. The second kappa shape index (κ2) is 4.56. The average molecular weight is 219 g/mol. The highest BCUT2D eigenvalue weighted by molar-refractivity contribution is 5.22. The van der Waals surface area contributed by atoms with Gasteiger partial charge in [0.05, 0.1) is 5.60 Å². The Labute approximate surface area is 97.9 Å². The van der Waals surface area contributed by atoms with E-state index < -0.39 is 5.60 Å². The summed E-state index contributed by atoms with van der Waals surface area (Å²) in [6.07, 6.45) is 2.57. The molecule has 1 saturated heterocycles. The highest BCUT2D eigenvalue weighted by Gasteiger charge is 2.30. The smallest absolute Gasteiger partial charge is 0.0712 e. The van der Waals surface area contributed by atoms with Crippen LogP contribution in [0.25, 0.3) is 0 Å². The van der Waals surface area contributed by atoms with Gasteiger partial charge in [-0.1, -0.05) is 29.8 Å². The van der Waals surface area contributed by atoms with E-state index in [4.69, 9.17) is 0 Å². The maximum atomic E-state index is 10.5. The van der Waals surface area contributed by atoms with Crippen molar-refractivity contribution in [2.75, 3.05) is 20.1 Å². The van der Waals surface area contributed by atoms with Gasteiger partial charge in [-0.3, -0.25) is 0 Å². The second-order valence-corrected chi connectivity index (χ2v) is 5.19. The van der Waals surface area contributed by atoms with Crippen molar-refractivity contribution in [3.8, 4) is 0 Å². The molecule has 0 spiro atoms. The minimum atomic E-state index is -0.484. The SMILES string of the molecule is Cc1ccc(CC2(O)CCN(C)CC2)cc1. The summed E-state index contributed by atoms with van der Waals surface area (Å²) in [7, 11) is 2.12. The summed E-state index contributed by atoms with van der Waals surface area (Å²) in [5.74, 6) is 0. The van der Waals surface area contributed by atoms with E-state index in [1.54, 1.807) is 0 Å². The third kappa shape index (κ3) is 2.83. The van der Waals surface area contributed by atoms with Crippen LogP contribution in [-0.4, -0.2) is 35.7 Å². The van der Waals surface area contributed by atoms with Crippen molar-refractivity contribution >= 4 is 0 Å². The number of aliphatic hydroxyl groups is 1. The molecule has 0 radical (unpaired) electrons. The van der Waals surface area contributed by atoms with E-state index >= 15 is 0 Å². The zero-order valence-electron chi connectivity index (χ0n) is 10.2. The molecule has 0 amide bonds. The van der Waals surface area contributed by atoms with Crippen molar-refractivity contribution < 1.29 is 5.11 Å². The van der Waals surface area contributed by atoms with Gasteiger partial charge in [0, 0.05) is 19.5 Å². The summed E-state index contributed by atoms with van der Waals surface area (Å²) in [6.45, 7) is 4.10. The number of hydrogen-bond acceptors (Lipinski definition) is 2. The Morgan fingerprint density at radius 2 is 1.75 bits per heavy atom. The van der Waals surface area contributed by atoms with Crippen LogP contribution in [0.2, 0.25) is 0 Å². The lowest BCUT2D eigenvalue weighted by molar-refractivity contribution is -0.0150. The number of hydrogen-bond donors (Lipinski definition) is 1. The number of likely N-dealkylation sites (tertiary alicyclic amines) is 1. The largest absolute Gasteiger partial charge is 0.389 e. The van der Waals surface area contributed by atoms with E-state index in [1.165, 1.54) is 11.1 Å². The Morgan fingerprint density at radius 3 is 2.31 bits per heavy atom. The summed E-state index contributed by atoms with van der Waals surface area (Å²) in [5, 5.41) is 10.5. The summed E-state index contributed by atoms with van der Waals surface area (Å²) < 4.78 is 0. The van der Waals surface area contributed by atoms with Gasteiger partial charge in [-0.2, -0.15) is 0 Å². The van der Waals surface area contributed by atoms with Gasteiger partial charge in [0.1, 0.15) is 0 Å². The molecule has 0 saturated carbocycles. The van der Waals surface area contributed by atoms with Crippen molar-refractivity contribution in [2.45, 2.75) is 31.8 Å². The monoisotopic (exact) mass is 219 g/mol. The normalized spacial score (nSPS) is 20.9. The molecule has 0 bridgehead atoms. The second-order valence-electron chi connectivity index (χ2n) is 5.19. The Morgan fingerprint density at radius 1 is 1.19 bits per heavy atom. The molecule has 1 aliphatic heterocycles. The molecule has 0 aliphatic carbocycles. The van der Waals surface area contributed by atoms with Gasteiger partial charge in [0.2, 0.25) is 0 Å². The fraction of sp³-hybridized carbons (Fsp3) is 0.571. The summed E-state index contributed by atoms with van der Waals surface area (Å²) in [4.78, 5) is 2.28. The van der Waals surface area contributed by atoms with Crippen molar-refractivity contribution in [1.82, 2.24) is 4.90 Å². The zero-order chi connectivity index (χ0) is 11.6. The lowest BCUT2D eigenvalue weighted by Crippen LogP contribution is -2.44. The van der Waals surface area contributed by atoms with E-state index in [0.29, 0.717) is 0 Å². The lowest BCUT2D eigenvalue weighted by atomic mass is 9.85. The third-order valence-corrected chi connectivity index (χ3v) is 3.57. The lowest BCUT2D eigenvalue weighted by Gasteiger charge is -2.36. The molecule has 2 heteroatoms. The van der Waals surface area contributed by atoms with Crippen molar-refractivity contribution in [3.63, 3.8) is 0 Å². The van der Waals surface area contributed by atoms with E-state index in [-0.39, 0.29) is 0 Å². The first-order valence-electron chi connectivity index (χ1n) is 6.04. The molecule has 1 aromatic rings. The zero-order valence-corrected chi connectivity index (χ0v) is 10.2. The van der Waals surface area contributed by atoms with Crippen molar-refractivity contribution in [1.29, 1.82) is 0 Å². The molecule has 1 fully saturated rings. The minimum absolute atomic E-state index is 0.484. The molecule has 1 aliphatic rings. The van der Waals surface area contributed by atoms with Crippen LogP contribution < -0.4 is 0 Å². The molecule has 0 unspecified atom stereocenters. The predicted molar refractivity (Wildman–Crippen MR) is 66.6 cm³/mol. The molecule has 1 aromatic carbocycles. The minimum Gasteiger partial charge on any atom is -0.389 e. The molecular weight excluding hydrogens is 198 g/mol. The van der Waals surface area contributed by atoms with Crippen molar-refractivity contribution in [3.05, 3.63) is 35.4 Å². The van der Waals surface area contributed by atoms with Gasteiger partial charge in [0.25, 0.3) is 0 Å². The van der Waals surface area contributed by atoms with E-state index in [2.05, 4.69) is 43.1 Å². The molecule has 2 nitrogen and oxygen atoms in total. The Hall–Kier alpha value is -0.860.